The monoisotopic (exact) mass is 327 g/mol. The van der Waals surface area contributed by atoms with Gasteiger partial charge in [0.25, 0.3) is 11.1 Å². The SMILES string of the molecule is O=C(c1cnn(-c2ccccc2)n1)N1CC(Oc2nccs2)C1. The molecular formula is C15H13N5O2S. The summed E-state index contributed by atoms with van der Waals surface area (Å²) >= 11 is 1.45. The molecule has 1 aliphatic heterocycles. The smallest absolute Gasteiger partial charge is 0.276 e. The molecule has 0 saturated carbocycles. The average molecular weight is 327 g/mol. The Bertz CT molecular complexity index is 796. The van der Waals surface area contributed by atoms with Gasteiger partial charge in [0.05, 0.1) is 25.0 Å². The third-order valence-electron chi connectivity index (χ3n) is 3.51. The van der Waals surface area contributed by atoms with E-state index in [0.717, 1.165) is 5.69 Å². The minimum atomic E-state index is -0.133. The highest BCUT2D eigenvalue weighted by atomic mass is 32.1. The molecule has 116 valence electrons. The Kier molecular flexibility index (Phi) is 3.51. The lowest BCUT2D eigenvalue weighted by Gasteiger charge is -2.37. The molecule has 7 nitrogen and oxygen atoms in total. The van der Waals surface area contributed by atoms with Crippen LogP contribution in [0, 0.1) is 0 Å². The first-order valence-electron chi connectivity index (χ1n) is 7.13. The van der Waals surface area contributed by atoms with E-state index in [0.29, 0.717) is 24.0 Å². The molecule has 1 saturated heterocycles. The molecule has 0 aliphatic carbocycles. The zero-order valence-corrected chi connectivity index (χ0v) is 12.9. The zero-order valence-electron chi connectivity index (χ0n) is 12.1. The van der Waals surface area contributed by atoms with Crippen LogP contribution in [-0.2, 0) is 0 Å². The number of benzene rings is 1. The van der Waals surface area contributed by atoms with Crippen molar-refractivity contribution < 1.29 is 9.53 Å². The summed E-state index contributed by atoms with van der Waals surface area (Å²) in [6, 6.07) is 9.49. The van der Waals surface area contributed by atoms with Crippen molar-refractivity contribution in [3.05, 3.63) is 53.8 Å². The van der Waals surface area contributed by atoms with Gasteiger partial charge >= 0.3 is 0 Å². The minimum Gasteiger partial charge on any atom is -0.463 e. The molecule has 0 bridgehead atoms. The number of ether oxygens (including phenoxy) is 1. The molecule has 4 rings (SSSR count). The summed E-state index contributed by atoms with van der Waals surface area (Å²) < 4.78 is 5.65. The second kappa shape index (κ2) is 5.81. The summed E-state index contributed by atoms with van der Waals surface area (Å²) in [5.41, 5.74) is 1.15. The van der Waals surface area contributed by atoms with E-state index >= 15 is 0 Å². The van der Waals surface area contributed by atoms with Crippen molar-refractivity contribution in [1.82, 2.24) is 24.9 Å². The van der Waals surface area contributed by atoms with Crippen LogP contribution in [0.25, 0.3) is 5.69 Å². The number of rotatable bonds is 4. The number of thiazole rings is 1. The molecule has 0 atom stereocenters. The lowest BCUT2D eigenvalue weighted by molar-refractivity contribution is 0.0172. The van der Waals surface area contributed by atoms with E-state index in [4.69, 9.17) is 4.74 Å². The Morgan fingerprint density at radius 3 is 2.83 bits per heavy atom. The van der Waals surface area contributed by atoms with Gasteiger partial charge < -0.3 is 9.64 Å². The van der Waals surface area contributed by atoms with Crippen LogP contribution in [0.2, 0.25) is 0 Å². The Labute approximate surface area is 136 Å². The van der Waals surface area contributed by atoms with E-state index in [-0.39, 0.29) is 12.0 Å². The van der Waals surface area contributed by atoms with Crippen molar-refractivity contribution in [2.24, 2.45) is 0 Å². The molecule has 3 heterocycles. The predicted octanol–water partition coefficient (Wildman–Crippen LogP) is 1.63. The van der Waals surface area contributed by atoms with Crippen LogP contribution < -0.4 is 4.74 Å². The Morgan fingerprint density at radius 2 is 2.09 bits per heavy atom. The van der Waals surface area contributed by atoms with Crippen LogP contribution in [-0.4, -0.2) is 50.0 Å². The molecule has 0 unspecified atom stereocenters. The molecule has 1 fully saturated rings. The maximum Gasteiger partial charge on any atom is 0.276 e. The number of likely N-dealkylation sites (tertiary alicyclic amines) is 1. The van der Waals surface area contributed by atoms with Crippen molar-refractivity contribution >= 4 is 17.2 Å². The molecule has 1 amide bonds. The first kappa shape index (κ1) is 13.9. The largest absolute Gasteiger partial charge is 0.463 e. The number of carbonyl (C=O) groups excluding carboxylic acids is 1. The molecule has 1 aromatic carbocycles. The van der Waals surface area contributed by atoms with Crippen molar-refractivity contribution in [3.63, 3.8) is 0 Å². The van der Waals surface area contributed by atoms with Crippen LogP contribution in [0.3, 0.4) is 0 Å². The highest BCUT2D eigenvalue weighted by molar-refractivity contribution is 7.11. The topological polar surface area (TPSA) is 73.1 Å². The number of aromatic nitrogens is 4. The second-order valence-corrected chi connectivity index (χ2v) is 5.96. The third kappa shape index (κ3) is 2.80. The molecule has 2 aromatic heterocycles. The van der Waals surface area contributed by atoms with Crippen LogP contribution in [0.1, 0.15) is 10.5 Å². The Balaban J connectivity index is 1.38. The summed E-state index contributed by atoms with van der Waals surface area (Å²) in [6.45, 7) is 1.08. The number of carbonyl (C=O) groups is 1. The molecule has 1 aliphatic rings. The van der Waals surface area contributed by atoms with Gasteiger partial charge in [-0.2, -0.15) is 9.90 Å². The fraction of sp³-hybridized carbons (Fsp3) is 0.200. The molecule has 0 N–H and O–H groups in total. The number of nitrogens with zero attached hydrogens (tertiary/aromatic N) is 5. The van der Waals surface area contributed by atoms with E-state index < -0.39 is 0 Å². The molecule has 0 spiro atoms. The highest BCUT2D eigenvalue weighted by Gasteiger charge is 2.34. The third-order valence-corrected chi connectivity index (χ3v) is 4.17. The first-order valence-corrected chi connectivity index (χ1v) is 8.01. The van der Waals surface area contributed by atoms with Gasteiger partial charge in [0.15, 0.2) is 5.69 Å². The van der Waals surface area contributed by atoms with Gasteiger partial charge in [0.2, 0.25) is 0 Å². The predicted molar refractivity (Wildman–Crippen MR) is 83.8 cm³/mol. The Morgan fingerprint density at radius 1 is 1.26 bits per heavy atom. The van der Waals surface area contributed by atoms with Crippen molar-refractivity contribution in [2.75, 3.05) is 13.1 Å². The molecule has 8 heteroatoms. The van der Waals surface area contributed by atoms with E-state index in [2.05, 4.69) is 15.2 Å². The van der Waals surface area contributed by atoms with E-state index in [1.165, 1.54) is 22.3 Å². The summed E-state index contributed by atoms with van der Waals surface area (Å²) in [4.78, 5) is 19.6. The molecule has 23 heavy (non-hydrogen) atoms. The summed E-state index contributed by atoms with van der Waals surface area (Å²) in [5.74, 6) is -0.133. The minimum absolute atomic E-state index is 0.00531. The number of hydrogen-bond acceptors (Lipinski definition) is 6. The fourth-order valence-electron chi connectivity index (χ4n) is 2.30. The quantitative estimate of drug-likeness (QED) is 0.728. The Hall–Kier alpha value is -2.74. The number of amides is 1. The summed E-state index contributed by atoms with van der Waals surface area (Å²) in [5, 5.41) is 10.9. The van der Waals surface area contributed by atoms with Crippen molar-refractivity contribution in [2.45, 2.75) is 6.10 Å². The highest BCUT2D eigenvalue weighted by Crippen LogP contribution is 2.21. The molecule has 0 radical (unpaired) electrons. The van der Waals surface area contributed by atoms with Crippen LogP contribution in [0.15, 0.2) is 48.1 Å². The van der Waals surface area contributed by atoms with Gasteiger partial charge in [-0.25, -0.2) is 4.98 Å². The van der Waals surface area contributed by atoms with Crippen molar-refractivity contribution in [3.8, 4) is 10.9 Å². The normalized spacial score (nSPS) is 14.5. The van der Waals surface area contributed by atoms with Gasteiger partial charge in [-0.05, 0) is 12.1 Å². The van der Waals surface area contributed by atoms with Gasteiger partial charge in [-0.3, -0.25) is 4.79 Å². The van der Waals surface area contributed by atoms with Crippen LogP contribution in [0.5, 0.6) is 5.19 Å². The zero-order chi connectivity index (χ0) is 15.6. The maximum absolute atomic E-state index is 12.4. The van der Waals surface area contributed by atoms with E-state index in [1.807, 2.05) is 35.7 Å². The first-order chi connectivity index (χ1) is 11.3. The lowest BCUT2D eigenvalue weighted by atomic mass is 10.1. The van der Waals surface area contributed by atoms with Gasteiger partial charge in [0.1, 0.15) is 6.10 Å². The fourth-order valence-corrected chi connectivity index (χ4v) is 2.85. The van der Waals surface area contributed by atoms with Crippen LogP contribution >= 0.6 is 11.3 Å². The maximum atomic E-state index is 12.4. The molecule has 3 aromatic rings. The summed E-state index contributed by atoms with van der Waals surface area (Å²) in [6.07, 6.45) is 3.18. The number of para-hydroxylation sites is 1. The average Bonchev–Trinajstić information content (AvgIpc) is 3.22. The summed E-state index contributed by atoms with van der Waals surface area (Å²) in [7, 11) is 0. The number of hydrogen-bond donors (Lipinski definition) is 0. The van der Waals surface area contributed by atoms with Crippen molar-refractivity contribution in [1.29, 1.82) is 0 Å². The van der Waals surface area contributed by atoms with Gasteiger partial charge in [-0.15, -0.1) is 5.10 Å². The van der Waals surface area contributed by atoms with Gasteiger partial charge in [-0.1, -0.05) is 29.5 Å². The standard InChI is InChI=1S/C15H13N5O2S/c21-14(19-9-12(10-19)22-15-16-6-7-23-15)13-8-17-20(18-13)11-4-2-1-3-5-11/h1-8,12H,9-10H2. The van der Waals surface area contributed by atoms with E-state index in [1.54, 1.807) is 11.1 Å². The second-order valence-electron chi connectivity index (χ2n) is 5.10. The molecular weight excluding hydrogens is 314 g/mol. The van der Waals surface area contributed by atoms with E-state index in [9.17, 15) is 4.79 Å². The lowest BCUT2D eigenvalue weighted by Crippen LogP contribution is -2.56. The van der Waals surface area contributed by atoms with Gasteiger partial charge in [0, 0.05) is 11.6 Å². The van der Waals surface area contributed by atoms with Crippen LogP contribution in [0.4, 0.5) is 0 Å².